The van der Waals surface area contributed by atoms with E-state index >= 15 is 0 Å². The van der Waals surface area contributed by atoms with Crippen LogP contribution in [-0.2, 0) is 14.1 Å². The number of rotatable bonds is 6. The summed E-state index contributed by atoms with van der Waals surface area (Å²) in [5, 5.41) is 0.648. The lowest BCUT2D eigenvalue weighted by molar-refractivity contribution is -0.168. The van der Waals surface area contributed by atoms with Crippen LogP contribution in [0.4, 0.5) is 0 Å². The lowest BCUT2D eigenvalue weighted by atomic mass is 10.1. The smallest absolute Gasteiger partial charge is 0.333 e. The first-order valence-electron chi connectivity index (χ1n) is 8.37. The molecule has 7 heteroatoms. The summed E-state index contributed by atoms with van der Waals surface area (Å²) in [4.78, 5) is 41.2. The first-order valence-corrected chi connectivity index (χ1v) is 11.3. The third kappa shape index (κ3) is 4.16. The van der Waals surface area contributed by atoms with Gasteiger partial charge in [0.2, 0.25) is 0 Å². The molecule has 0 unspecified atom stereocenters. The van der Waals surface area contributed by atoms with Crippen LogP contribution in [0.1, 0.15) is 54.3 Å². The van der Waals surface area contributed by atoms with Gasteiger partial charge in [-0.25, -0.2) is 4.79 Å². The van der Waals surface area contributed by atoms with Crippen LogP contribution in [0.2, 0.25) is 18.1 Å². The number of benzene rings is 1. The third-order valence-electron chi connectivity index (χ3n) is 4.74. The molecular weight excluding hydrogens is 338 g/mol. The highest BCUT2D eigenvalue weighted by molar-refractivity contribution is 6.74. The molecule has 136 valence electrons. The number of amides is 2. The van der Waals surface area contributed by atoms with Crippen molar-refractivity contribution in [1.82, 2.24) is 5.06 Å². The van der Waals surface area contributed by atoms with E-state index in [1.165, 1.54) is 12.1 Å². The lowest BCUT2D eigenvalue weighted by Crippen LogP contribution is -2.41. The van der Waals surface area contributed by atoms with Crippen molar-refractivity contribution in [2.24, 2.45) is 0 Å². The van der Waals surface area contributed by atoms with Crippen LogP contribution in [0, 0.1) is 0 Å². The number of carbonyl (C=O) groups excluding carboxylic acids is 3. The van der Waals surface area contributed by atoms with Crippen molar-refractivity contribution in [3.05, 3.63) is 35.4 Å². The highest BCUT2D eigenvalue weighted by Gasteiger charge is 2.39. The predicted molar refractivity (Wildman–Crippen MR) is 95.4 cm³/mol. The summed E-state index contributed by atoms with van der Waals surface area (Å²) in [6.45, 7) is 11.2. The number of imide groups is 1. The average molecular weight is 363 g/mol. The maximum Gasteiger partial charge on any atom is 0.333 e. The Bertz CT molecular complexity index is 658. The van der Waals surface area contributed by atoms with Gasteiger partial charge in [0.15, 0.2) is 8.32 Å². The zero-order valence-electron chi connectivity index (χ0n) is 15.4. The second-order valence-electron chi connectivity index (χ2n) is 7.63. The molecule has 0 aromatic heterocycles. The van der Waals surface area contributed by atoms with E-state index < -0.39 is 26.1 Å². The Balaban J connectivity index is 1.82. The molecule has 0 aliphatic carbocycles. The van der Waals surface area contributed by atoms with E-state index in [2.05, 4.69) is 33.9 Å². The largest absolute Gasteiger partial charge is 0.417 e. The summed E-state index contributed by atoms with van der Waals surface area (Å²) in [6.07, 6.45) is 0.566. The van der Waals surface area contributed by atoms with Crippen LogP contribution in [0.25, 0.3) is 0 Å². The highest BCUT2D eigenvalue weighted by Crippen LogP contribution is 2.36. The van der Waals surface area contributed by atoms with E-state index in [-0.39, 0.29) is 22.6 Å². The molecule has 0 fully saturated rings. The van der Waals surface area contributed by atoms with Crippen LogP contribution in [-0.4, -0.2) is 37.8 Å². The van der Waals surface area contributed by atoms with Crippen molar-refractivity contribution < 1.29 is 23.6 Å². The van der Waals surface area contributed by atoms with Gasteiger partial charge in [0.1, 0.15) is 0 Å². The van der Waals surface area contributed by atoms with E-state index in [0.29, 0.717) is 18.1 Å². The van der Waals surface area contributed by atoms with E-state index in [4.69, 9.17) is 9.26 Å². The Hall–Kier alpha value is -1.99. The fraction of sp³-hybridized carbons (Fsp3) is 0.500. The van der Waals surface area contributed by atoms with Crippen LogP contribution in [0.5, 0.6) is 0 Å². The summed E-state index contributed by atoms with van der Waals surface area (Å²) in [5.41, 5.74) is 0.503. The third-order valence-corrected chi connectivity index (χ3v) is 9.28. The molecule has 1 aliphatic heterocycles. The van der Waals surface area contributed by atoms with Crippen molar-refractivity contribution in [3.8, 4) is 0 Å². The molecule has 0 saturated carbocycles. The minimum absolute atomic E-state index is 0.0853. The predicted octanol–water partition coefficient (Wildman–Crippen LogP) is 3.54. The van der Waals surface area contributed by atoms with Gasteiger partial charge in [-0.2, -0.15) is 0 Å². The molecular formula is C18H25NO5Si. The van der Waals surface area contributed by atoms with Crippen LogP contribution < -0.4 is 0 Å². The monoisotopic (exact) mass is 363 g/mol. The molecule has 1 aliphatic rings. The van der Waals surface area contributed by atoms with Crippen molar-refractivity contribution >= 4 is 26.1 Å². The van der Waals surface area contributed by atoms with Gasteiger partial charge in [-0.3, -0.25) is 9.59 Å². The molecule has 1 heterocycles. The van der Waals surface area contributed by atoms with Crippen LogP contribution in [0.15, 0.2) is 24.3 Å². The highest BCUT2D eigenvalue weighted by atomic mass is 28.4. The zero-order chi connectivity index (χ0) is 18.8. The number of fused-ring (bicyclic) bond motifs is 1. The quantitative estimate of drug-likeness (QED) is 0.439. The number of carbonyl (C=O) groups is 3. The average Bonchev–Trinajstić information content (AvgIpc) is 2.76. The molecule has 2 rings (SSSR count). The SMILES string of the molecule is CC(C)(C)[Si](C)(C)OCCCC(=O)ON1C(=O)c2ccccc2C1=O. The summed E-state index contributed by atoms with van der Waals surface area (Å²) in [5.74, 6) is -1.83. The van der Waals surface area contributed by atoms with Gasteiger partial charge in [0, 0.05) is 6.61 Å². The molecule has 6 nitrogen and oxygen atoms in total. The Morgan fingerprint density at radius 1 is 1.08 bits per heavy atom. The first-order chi connectivity index (χ1) is 11.5. The molecule has 25 heavy (non-hydrogen) atoms. The van der Waals surface area contributed by atoms with Gasteiger partial charge in [-0.05, 0) is 36.7 Å². The molecule has 1 aromatic carbocycles. The van der Waals surface area contributed by atoms with Gasteiger partial charge in [0.05, 0.1) is 17.5 Å². The van der Waals surface area contributed by atoms with Crippen molar-refractivity contribution in [2.75, 3.05) is 6.61 Å². The lowest BCUT2D eigenvalue weighted by Gasteiger charge is -2.36. The maximum atomic E-state index is 12.1. The van der Waals surface area contributed by atoms with Crippen molar-refractivity contribution in [3.63, 3.8) is 0 Å². The summed E-state index contributed by atoms with van der Waals surface area (Å²) in [7, 11) is -1.85. The first kappa shape index (κ1) is 19.3. The summed E-state index contributed by atoms with van der Waals surface area (Å²) < 4.78 is 5.99. The number of nitrogens with zero attached hydrogens (tertiary/aromatic N) is 1. The molecule has 2 amide bonds. The van der Waals surface area contributed by atoms with Gasteiger partial charge in [0.25, 0.3) is 11.8 Å². The molecule has 0 spiro atoms. The van der Waals surface area contributed by atoms with Gasteiger partial charge in [-0.15, -0.1) is 0 Å². The second-order valence-corrected chi connectivity index (χ2v) is 12.4. The molecule has 0 atom stereocenters. The minimum atomic E-state index is -1.85. The van der Waals surface area contributed by atoms with E-state index in [1.54, 1.807) is 12.1 Å². The fourth-order valence-corrected chi connectivity index (χ4v) is 3.25. The van der Waals surface area contributed by atoms with Gasteiger partial charge in [-0.1, -0.05) is 38.0 Å². The summed E-state index contributed by atoms with van der Waals surface area (Å²) in [6, 6.07) is 6.40. The van der Waals surface area contributed by atoms with Gasteiger partial charge >= 0.3 is 5.97 Å². The zero-order valence-corrected chi connectivity index (χ0v) is 16.4. The summed E-state index contributed by atoms with van der Waals surface area (Å²) >= 11 is 0. The van der Waals surface area contributed by atoms with Crippen LogP contribution >= 0.6 is 0 Å². The van der Waals surface area contributed by atoms with Gasteiger partial charge < -0.3 is 9.26 Å². The normalized spacial score (nSPS) is 14.7. The minimum Gasteiger partial charge on any atom is -0.417 e. The molecule has 0 N–H and O–H groups in total. The molecule has 1 aromatic rings. The van der Waals surface area contributed by atoms with Crippen LogP contribution in [0.3, 0.4) is 0 Å². The Labute approximate surface area is 149 Å². The topological polar surface area (TPSA) is 72.9 Å². The van der Waals surface area contributed by atoms with E-state index in [0.717, 1.165) is 0 Å². The number of hydroxylamine groups is 2. The molecule has 0 saturated heterocycles. The maximum absolute atomic E-state index is 12.1. The Kier molecular flexibility index (Phi) is 5.48. The van der Waals surface area contributed by atoms with Crippen molar-refractivity contribution in [1.29, 1.82) is 0 Å². The number of hydrogen-bond donors (Lipinski definition) is 0. The standard InChI is InChI=1S/C18H25NO5Si/c1-18(2,3)25(4,5)23-12-8-11-15(20)24-19-16(21)13-9-6-7-10-14(13)17(19)22/h6-7,9-10H,8,11-12H2,1-5H3. The van der Waals surface area contributed by atoms with Crippen molar-refractivity contribution in [2.45, 2.75) is 51.7 Å². The Morgan fingerprint density at radius 3 is 2.08 bits per heavy atom. The van der Waals surface area contributed by atoms with E-state index in [9.17, 15) is 14.4 Å². The van der Waals surface area contributed by atoms with E-state index in [1.807, 2.05) is 0 Å². The fourth-order valence-electron chi connectivity index (χ4n) is 2.16. The second kappa shape index (κ2) is 7.09. The Morgan fingerprint density at radius 2 is 1.60 bits per heavy atom. The molecule has 0 radical (unpaired) electrons. The molecule has 0 bridgehead atoms. The number of hydrogen-bond acceptors (Lipinski definition) is 5.